The number of para-hydroxylation sites is 1. The summed E-state index contributed by atoms with van der Waals surface area (Å²) in [6.45, 7) is 0. The Morgan fingerprint density at radius 1 is 0.968 bits per heavy atom. The monoisotopic (exact) mass is 429 g/mol. The van der Waals surface area contributed by atoms with Gasteiger partial charge in [-0.25, -0.2) is 4.39 Å². The summed E-state index contributed by atoms with van der Waals surface area (Å²) >= 11 is 0. The van der Waals surface area contributed by atoms with E-state index in [2.05, 4.69) is 5.32 Å². The van der Waals surface area contributed by atoms with Gasteiger partial charge >= 0.3 is 6.18 Å². The third kappa shape index (κ3) is 3.48. The molecule has 1 aromatic heterocycles. The van der Waals surface area contributed by atoms with Gasteiger partial charge in [-0.2, -0.15) is 13.2 Å². The summed E-state index contributed by atoms with van der Waals surface area (Å²) in [5.74, 6) is -0.417. The lowest BCUT2D eigenvalue weighted by atomic mass is 9.85. The summed E-state index contributed by atoms with van der Waals surface area (Å²) in [4.78, 5) is 0. The van der Waals surface area contributed by atoms with Gasteiger partial charge in [-0.3, -0.25) is 0 Å². The van der Waals surface area contributed by atoms with Gasteiger partial charge in [0.05, 0.1) is 11.4 Å². The zero-order chi connectivity index (χ0) is 22.4. The summed E-state index contributed by atoms with van der Waals surface area (Å²) < 4.78 is 57.5. The van der Waals surface area contributed by atoms with E-state index < -0.39 is 23.2 Å². The lowest BCUT2D eigenvalue weighted by molar-refractivity contribution is -0.247. The van der Waals surface area contributed by atoms with Crippen LogP contribution in [0, 0.1) is 5.82 Å². The zero-order valence-electron chi connectivity index (χ0n) is 16.4. The highest BCUT2D eigenvalue weighted by atomic mass is 19.4. The van der Waals surface area contributed by atoms with Crippen LogP contribution < -0.4 is 11.1 Å². The number of fused-ring (bicyclic) bond motifs is 1. The summed E-state index contributed by atoms with van der Waals surface area (Å²) in [6, 6.07) is 15.6. The van der Waals surface area contributed by atoms with E-state index in [-0.39, 0.29) is 16.6 Å². The van der Waals surface area contributed by atoms with Crippen molar-refractivity contribution in [3.8, 4) is 0 Å². The topological polar surface area (TPSA) is 63.2 Å². The molecule has 8 heteroatoms. The fourth-order valence-corrected chi connectivity index (χ4v) is 3.69. The van der Waals surface area contributed by atoms with E-state index in [0.29, 0.717) is 16.9 Å². The quantitative estimate of drug-likeness (QED) is 0.299. The molecule has 4 aromatic rings. The Morgan fingerprint density at radius 2 is 1.65 bits per heavy atom. The molecule has 1 heterocycles. The maximum Gasteiger partial charge on any atom is 0.425 e. The van der Waals surface area contributed by atoms with Crippen molar-refractivity contribution in [1.29, 1.82) is 0 Å². The number of nitrogen functional groups attached to an aromatic ring is 1. The first-order chi connectivity index (χ1) is 14.6. The van der Waals surface area contributed by atoms with Crippen LogP contribution in [0.4, 0.5) is 34.6 Å². The number of rotatable bonds is 4. The fourth-order valence-electron chi connectivity index (χ4n) is 3.69. The second-order valence-corrected chi connectivity index (χ2v) is 7.31. The zero-order valence-corrected chi connectivity index (χ0v) is 16.4. The average molecular weight is 429 g/mol. The van der Waals surface area contributed by atoms with E-state index in [9.17, 15) is 22.7 Å². The van der Waals surface area contributed by atoms with E-state index in [1.54, 1.807) is 25.2 Å². The molecule has 0 saturated carbocycles. The standard InChI is InChI=1S/C23H19F4N3O/c1-30-13-18(17-4-2-3-5-21(17)30)22(31,23(25,26)27)14-6-11-20(19(28)12-14)29-16-9-7-15(24)8-10-16/h2-13,29,31H,28H2,1H3. The van der Waals surface area contributed by atoms with Crippen LogP contribution in [0.3, 0.4) is 0 Å². The Labute approximate surface area is 175 Å². The molecule has 0 aliphatic rings. The lowest BCUT2D eigenvalue weighted by Gasteiger charge is -2.31. The summed E-state index contributed by atoms with van der Waals surface area (Å²) in [7, 11) is 1.62. The summed E-state index contributed by atoms with van der Waals surface area (Å²) in [6.07, 6.45) is -3.73. The van der Waals surface area contributed by atoms with Crippen LogP contribution >= 0.6 is 0 Å². The van der Waals surface area contributed by atoms with E-state index in [1.807, 2.05) is 0 Å². The number of nitrogens with two attached hydrogens (primary N) is 1. The van der Waals surface area contributed by atoms with Crippen LogP contribution in [0.5, 0.6) is 0 Å². The SMILES string of the molecule is Cn1cc(C(O)(c2ccc(Nc3ccc(F)cc3)c(N)c2)C(F)(F)F)c2ccccc21. The van der Waals surface area contributed by atoms with E-state index >= 15 is 0 Å². The van der Waals surface area contributed by atoms with Gasteiger partial charge in [0.25, 0.3) is 0 Å². The Bertz CT molecular complexity index is 1250. The van der Waals surface area contributed by atoms with Gasteiger partial charge in [0, 0.05) is 35.4 Å². The van der Waals surface area contributed by atoms with Crippen molar-refractivity contribution in [3.05, 3.63) is 89.9 Å². The molecule has 160 valence electrons. The van der Waals surface area contributed by atoms with Crippen molar-refractivity contribution < 1.29 is 22.7 Å². The van der Waals surface area contributed by atoms with Crippen molar-refractivity contribution in [1.82, 2.24) is 4.57 Å². The molecule has 3 aromatic carbocycles. The lowest BCUT2D eigenvalue weighted by Crippen LogP contribution is -2.43. The molecule has 0 spiro atoms. The maximum atomic E-state index is 14.3. The smallest absolute Gasteiger partial charge is 0.397 e. The second-order valence-electron chi connectivity index (χ2n) is 7.31. The number of aromatic nitrogens is 1. The molecule has 0 saturated heterocycles. The highest BCUT2D eigenvalue weighted by Crippen LogP contribution is 2.47. The molecule has 0 fully saturated rings. The molecule has 4 rings (SSSR count). The van der Waals surface area contributed by atoms with E-state index in [0.717, 1.165) is 6.07 Å². The van der Waals surface area contributed by atoms with E-state index in [1.165, 1.54) is 53.2 Å². The van der Waals surface area contributed by atoms with Crippen molar-refractivity contribution in [2.75, 3.05) is 11.1 Å². The number of aryl methyl sites for hydroxylation is 1. The van der Waals surface area contributed by atoms with Crippen LogP contribution in [0.1, 0.15) is 11.1 Å². The largest absolute Gasteiger partial charge is 0.425 e. The van der Waals surface area contributed by atoms with Gasteiger partial charge < -0.3 is 20.7 Å². The van der Waals surface area contributed by atoms with Crippen LogP contribution in [-0.2, 0) is 12.6 Å². The van der Waals surface area contributed by atoms with Crippen molar-refractivity contribution in [2.45, 2.75) is 11.8 Å². The first-order valence-electron chi connectivity index (χ1n) is 9.37. The Hall–Kier alpha value is -3.52. The number of halogens is 4. The first-order valence-corrected chi connectivity index (χ1v) is 9.37. The molecule has 1 atom stereocenters. The Kier molecular flexibility index (Phi) is 4.89. The predicted molar refractivity (Wildman–Crippen MR) is 113 cm³/mol. The molecule has 31 heavy (non-hydrogen) atoms. The summed E-state index contributed by atoms with van der Waals surface area (Å²) in [5, 5.41) is 14.3. The van der Waals surface area contributed by atoms with Gasteiger partial charge in [-0.1, -0.05) is 24.3 Å². The van der Waals surface area contributed by atoms with Gasteiger partial charge in [0.2, 0.25) is 5.60 Å². The molecule has 4 N–H and O–H groups in total. The molecule has 1 unspecified atom stereocenters. The van der Waals surface area contributed by atoms with Gasteiger partial charge in [0.15, 0.2) is 0 Å². The molecular formula is C23H19F4N3O. The molecule has 0 amide bonds. The number of anilines is 3. The minimum Gasteiger partial charge on any atom is -0.397 e. The first kappa shape index (κ1) is 20.7. The molecule has 4 nitrogen and oxygen atoms in total. The van der Waals surface area contributed by atoms with Crippen LogP contribution in [0.2, 0.25) is 0 Å². The minimum absolute atomic E-state index is 0.00439. The highest BCUT2D eigenvalue weighted by Gasteiger charge is 2.57. The summed E-state index contributed by atoms with van der Waals surface area (Å²) in [5.41, 5.74) is 3.47. The highest BCUT2D eigenvalue weighted by molar-refractivity contribution is 5.86. The van der Waals surface area contributed by atoms with Crippen molar-refractivity contribution in [2.24, 2.45) is 7.05 Å². The van der Waals surface area contributed by atoms with Crippen molar-refractivity contribution >= 4 is 28.0 Å². The normalized spacial score (nSPS) is 13.9. The molecule has 0 aliphatic carbocycles. The number of alkyl halides is 3. The Morgan fingerprint density at radius 3 is 2.29 bits per heavy atom. The number of hydrogen-bond donors (Lipinski definition) is 3. The number of benzene rings is 3. The molecular weight excluding hydrogens is 410 g/mol. The Balaban J connectivity index is 1.82. The van der Waals surface area contributed by atoms with E-state index in [4.69, 9.17) is 5.73 Å². The maximum absolute atomic E-state index is 14.3. The molecule has 0 radical (unpaired) electrons. The third-order valence-electron chi connectivity index (χ3n) is 5.29. The number of aliphatic hydroxyl groups is 1. The van der Waals surface area contributed by atoms with Gasteiger partial charge in [0.1, 0.15) is 5.82 Å². The average Bonchev–Trinajstić information content (AvgIpc) is 3.07. The predicted octanol–water partition coefficient (Wildman–Crippen LogP) is 5.44. The minimum atomic E-state index is -5.00. The van der Waals surface area contributed by atoms with Gasteiger partial charge in [-0.15, -0.1) is 0 Å². The van der Waals surface area contributed by atoms with Crippen molar-refractivity contribution in [3.63, 3.8) is 0 Å². The van der Waals surface area contributed by atoms with Crippen LogP contribution in [-0.4, -0.2) is 15.8 Å². The number of nitrogens with one attached hydrogen (secondary N) is 1. The number of nitrogens with zero attached hydrogens (tertiary/aromatic N) is 1. The molecule has 0 bridgehead atoms. The second kappa shape index (κ2) is 7.31. The van der Waals surface area contributed by atoms with Crippen LogP contribution in [0.25, 0.3) is 10.9 Å². The third-order valence-corrected chi connectivity index (χ3v) is 5.29. The molecule has 0 aliphatic heterocycles. The fraction of sp³-hybridized carbons (Fsp3) is 0.130. The van der Waals surface area contributed by atoms with Crippen LogP contribution in [0.15, 0.2) is 72.9 Å². The van der Waals surface area contributed by atoms with Gasteiger partial charge in [-0.05, 0) is 48.0 Å². The number of hydrogen-bond acceptors (Lipinski definition) is 3.